The van der Waals surface area contributed by atoms with Gasteiger partial charge in [-0.1, -0.05) is 0 Å². The Balaban J connectivity index is 1.99. The molecule has 0 amide bonds. The van der Waals surface area contributed by atoms with Gasteiger partial charge in [0.15, 0.2) is 5.88 Å². The summed E-state index contributed by atoms with van der Waals surface area (Å²) in [6.45, 7) is 4.80. The van der Waals surface area contributed by atoms with Crippen LogP contribution in [0.2, 0.25) is 0 Å². The molecule has 0 spiro atoms. The van der Waals surface area contributed by atoms with Crippen molar-refractivity contribution in [1.29, 1.82) is 0 Å². The fourth-order valence-corrected chi connectivity index (χ4v) is 2.45. The van der Waals surface area contributed by atoms with Crippen LogP contribution in [0.25, 0.3) is 0 Å². The lowest BCUT2D eigenvalue weighted by atomic mass is 10.3. The van der Waals surface area contributed by atoms with Crippen LogP contribution in [0, 0.1) is 13.8 Å². The quantitative estimate of drug-likeness (QED) is 0.875. The van der Waals surface area contributed by atoms with Crippen molar-refractivity contribution in [1.82, 2.24) is 0 Å². The lowest BCUT2D eigenvalue weighted by Crippen LogP contribution is -1.96. The van der Waals surface area contributed by atoms with E-state index in [1.165, 1.54) is 21.4 Å². The molecule has 90 valence electrons. The van der Waals surface area contributed by atoms with Crippen LogP contribution in [0.1, 0.15) is 25.9 Å². The third-order valence-electron chi connectivity index (χ3n) is 2.47. The Morgan fingerprint density at radius 1 is 1.47 bits per heavy atom. The number of rotatable bonds is 4. The largest absolute Gasteiger partial charge is 0.475 e. The lowest BCUT2D eigenvalue weighted by Gasteiger charge is -1.99. The molecular weight excluding hydrogens is 238 g/mol. The van der Waals surface area contributed by atoms with Gasteiger partial charge in [-0.05, 0) is 31.5 Å². The number of hydrogen-bond donors (Lipinski definition) is 2. The van der Waals surface area contributed by atoms with E-state index < -0.39 is 5.97 Å². The Bertz CT molecular complexity index is 522. The van der Waals surface area contributed by atoms with Crippen LogP contribution < -0.4 is 5.32 Å². The van der Waals surface area contributed by atoms with E-state index in [1.54, 1.807) is 17.4 Å². The number of hydrogen-bond acceptors (Lipinski definition) is 4. The number of aryl methyl sites for hydroxylation is 2. The fourth-order valence-electron chi connectivity index (χ4n) is 1.46. The maximum atomic E-state index is 10.6. The Morgan fingerprint density at radius 2 is 2.24 bits per heavy atom. The highest BCUT2D eigenvalue weighted by atomic mass is 32.1. The first-order chi connectivity index (χ1) is 8.06. The van der Waals surface area contributed by atoms with Crippen LogP contribution in [0.4, 0.5) is 5.88 Å². The summed E-state index contributed by atoms with van der Waals surface area (Å²) in [4.78, 5) is 13.1. The first kappa shape index (κ1) is 11.7. The molecule has 0 atom stereocenters. The lowest BCUT2D eigenvalue weighted by molar-refractivity contribution is 0.0663. The van der Waals surface area contributed by atoms with E-state index in [1.807, 2.05) is 0 Å². The molecule has 0 aliphatic carbocycles. The Kier molecular flexibility index (Phi) is 3.19. The van der Waals surface area contributed by atoms with Crippen LogP contribution >= 0.6 is 11.3 Å². The van der Waals surface area contributed by atoms with Crippen LogP contribution in [-0.4, -0.2) is 11.1 Å². The van der Waals surface area contributed by atoms with E-state index in [9.17, 15) is 4.79 Å². The van der Waals surface area contributed by atoms with E-state index in [-0.39, 0.29) is 5.76 Å². The summed E-state index contributed by atoms with van der Waals surface area (Å²) < 4.78 is 5.10. The van der Waals surface area contributed by atoms with Gasteiger partial charge in [0.05, 0.1) is 6.54 Å². The van der Waals surface area contributed by atoms with Crippen LogP contribution in [0.5, 0.6) is 0 Å². The molecule has 5 heteroatoms. The summed E-state index contributed by atoms with van der Waals surface area (Å²) in [7, 11) is 0. The van der Waals surface area contributed by atoms with Crippen molar-refractivity contribution < 1.29 is 14.3 Å². The highest BCUT2D eigenvalue weighted by Gasteiger charge is 2.09. The van der Waals surface area contributed by atoms with E-state index >= 15 is 0 Å². The van der Waals surface area contributed by atoms with E-state index in [4.69, 9.17) is 9.52 Å². The number of anilines is 1. The molecule has 0 aromatic carbocycles. The van der Waals surface area contributed by atoms with Crippen molar-refractivity contribution in [2.24, 2.45) is 0 Å². The SMILES string of the molecule is Cc1cc(CNc2ccc(C(=O)O)o2)sc1C. The third kappa shape index (κ3) is 2.68. The van der Waals surface area contributed by atoms with Gasteiger partial charge in [0.25, 0.3) is 0 Å². The molecule has 0 aliphatic rings. The molecule has 2 aromatic heterocycles. The smallest absolute Gasteiger partial charge is 0.371 e. The van der Waals surface area contributed by atoms with Gasteiger partial charge in [0.2, 0.25) is 5.76 Å². The molecule has 0 saturated carbocycles. The van der Waals surface area contributed by atoms with Gasteiger partial charge in [-0.2, -0.15) is 0 Å². The zero-order valence-corrected chi connectivity index (χ0v) is 10.4. The summed E-state index contributed by atoms with van der Waals surface area (Å²) >= 11 is 1.73. The number of furan rings is 1. The van der Waals surface area contributed by atoms with Crippen molar-refractivity contribution >= 4 is 23.2 Å². The van der Waals surface area contributed by atoms with E-state index in [0.717, 1.165) is 0 Å². The Hall–Kier alpha value is -1.75. The van der Waals surface area contributed by atoms with Crippen LogP contribution in [0.15, 0.2) is 22.6 Å². The standard InChI is InChI=1S/C12H13NO3S/c1-7-5-9(17-8(7)2)6-13-11-4-3-10(16-11)12(14)15/h3-5,13H,6H2,1-2H3,(H,14,15). The van der Waals surface area contributed by atoms with Crippen molar-refractivity contribution in [3.63, 3.8) is 0 Å². The summed E-state index contributed by atoms with van der Waals surface area (Å²) in [5.41, 5.74) is 1.28. The number of carboxylic acid groups (broad SMARTS) is 1. The number of nitrogens with one attached hydrogen (secondary N) is 1. The molecule has 0 saturated heterocycles. The predicted molar refractivity (Wildman–Crippen MR) is 66.8 cm³/mol. The van der Waals surface area contributed by atoms with Crippen molar-refractivity contribution in [2.45, 2.75) is 20.4 Å². The number of carbonyl (C=O) groups is 1. The molecule has 2 N–H and O–H groups in total. The predicted octanol–water partition coefficient (Wildman–Crippen LogP) is 3.27. The number of carboxylic acids is 1. The average molecular weight is 251 g/mol. The summed E-state index contributed by atoms with van der Waals surface area (Å²) in [5.74, 6) is -0.627. The molecular formula is C12H13NO3S. The maximum absolute atomic E-state index is 10.6. The van der Waals surface area contributed by atoms with E-state index in [2.05, 4.69) is 25.2 Å². The first-order valence-corrected chi connectivity index (χ1v) is 6.01. The van der Waals surface area contributed by atoms with Gasteiger partial charge in [0, 0.05) is 15.8 Å². The number of thiophene rings is 1. The molecule has 4 nitrogen and oxygen atoms in total. The fraction of sp³-hybridized carbons (Fsp3) is 0.250. The molecule has 2 rings (SSSR count). The minimum absolute atomic E-state index is 0.0500. The average Bonchev–Trinajstić information content (AvgIpc) is 2.84. The zero-order valence-electron chi connectivity index (χ0n) is 9.61. The molecule has 2 aromatic rings. The van der Waals surface area contributed by atoms with Gasteiger partial charge >= 0.3 is 5.97 Å². The summed E-state index contributed by atoms with van der Waals surface area (Å²) in [5, 5.41) is 11.8. The van der Waals surface area contributed by atoms with Gasteiger partial charge in [-0.25, -0.2) is 4.79 Å². The molecule has 0 radical (unpaired) electrons. The number of aromatic carboxylic acids is 1. The third-order valence-corrected chi connectivity index (χ3v) is 3.62. The zero-order chi connectivity index (χ0) is 12.4. The minimum Gasteiger partial charge on any atom is -0.475 e. The maximum Gasteiger partial charge on any atom is 0.371 e. The van der Waals surface area contributed by atoms with Crippen LogP contribution in [-0.2, 0) is 6.54 Å². The molecule has 17 heavy (non-hydrogen) atoms. The molecule has 0 unspecified atom stereocenters. The molecule has 0 aliphatic heterocycles. The second-order valence-electron chi connectivity index (χ2n) is 3.77. The minimum atomic E-state index is -1.05. The summed E-state index contributed by atoms with van der Waals surface area (Å²) in [6, 6.07) is 5.18. The molecule has 0 bridgehead atoms. The second-order valence-corrected chi connectivity index (χ2v) is 5.12. The van der Waals surface area contributed by atoms with Crippen molar-refractivity contribution in [3.8, 4) is 0 Å². The van der Waals surface area contributed by atoms with Crippen molar-refractivity contribution in [3.05, 3.63) is 39.3 Å². The highest BCUT2D eigenvalue weighted by molar-refractivity contribution is 7.12. The van der Waals surface area contributed by atoms with E-state index in [0.29, 0.717) is 12.4 Å². The molecule has 2 heterocycles. The van der Waals surface area contributed by atoms with Crippen LogP contribution in [0.3, 0.4) is 0 Å². The molecule has 0 fully saturated rings. The normalized spacial score (nSPS) is 10.5. The monoisotopic (exact) mass is 251 g/mol. The van der Waals surface area contributed by atoms with Gasteiger partial charge in [-0.15, -0.1) is 11.3 Å². The summed E-state index contributed by atoms with van der Waals surface area (Å²) in [6.07, 6.45) is 0. The Morgan fingerprint density at radius 3 is 2.76 bits per heavy atom. The topological polar surface area (TPSA) is 62.5 Å². The highest BCUT2D eigenvalue weighted by Crippen LogP contribution is 2.22. The Labute approximate surface area is 103 Å². The first-order valence-electron chi connectivity index (χ1n) is 5.19. The van der Waals surface area contributed by atoms with Gasteiger partial charge in [0.1, 0.15) is 0 Å². The van der Waals surface area contributed by atoms with Crippen molar-refractivity contribution in [2.75, 3.05) is 5.32 Å². The van der Waals surface area contributed by atoms with Gasteiger partial charge < -0.3 is 14.8 Å². The van der Waals surface area contributed by atoms with Gasteiger partial charge in [-0.3, -0.25) is 0 Å². The second kappa shape index (κ2) is 4.63.